The Morgan fingerprint density at radius 3 is 1.74 bits per heavy atom. The fraction of sp³-hybridized carbons (Fsp3) is 0.958. The molecule has 0 bridgehead atoms. The van der Waals surface area contributed by atoms with Crippen LogP contribution in [0.4, 0.5) is 0 Å². The van der Waals surface area contributed by atoms with E-state index in [0.29, 0.717) is 19.6 Å². The van der Waals surface area contributed by atoms with Crippen LogP contribution in [0.3, 0.4) is 0 Å². The zero-order valence-corrected chi connectivity index (χ0v) is 21.2. The predicted octanol–water partition coefficient (Wildman–Crippen LogP) is 6.65. The molecule has 0 amide bonds. The van der Waals surface area contributed by atoms with E-state index in [4.69, 9.17) is 13.8 Å². The van der Waals surface area contributed by atoms with Crippen LogP contribution < -0.4 is 5.32 Å². The topological polar surface area (TPSA) is 77.0 Å². The van der Waals surface area contributed by atoms with Crippen LogP contribution in [-0.4, -0.2) is 44.3 Å². The van der Waals surface area contributed by atoms with Crippen LogP contribution in [0.5, 0.6) is 0 Å². The highest BCUT2D eigenvalue weighted by molar-refractivity contribution is 7.40. The Morgan fingerprint density at radius 2 is 1.29 bits per heavy atom. The Morgan fingerprint density at radius 1 is 0.806 bits per heavy atom. The smallest absolute Gasteiger partial charge is 0.330 e. The molecule has 186 valence electrons. The van der Waals surface area contributed by atoms with Gasteiger partial charge in [0.2, 0.25) is 0 Å². The van der Waals surface area contributed by atoms with Gasteiger partial charge in [-0.25, -0.2) is 0 Å². The Kier molecular flexibility index (Phi) is 25.8. The van der Waals surface area contributed by atoms with Crippen LogP contribution in [0.2, 0.25) is 0 Å². The molecule has 31 heavy (non-hydrogen) atoms. The zero-order valence-electron chi connectivity index (χ0n) is 20.3. The standard InChI is InChI=1S/C24H50NO5P/c1-3-4-5-6-7-8-9-10-11-12-13-14-15-16-17-18-19-24(28-23-26)22-30-31(27)29-21-20-25-2/h23-25,27H,3-22H2,1-2H3. The number of carbonyl (C=O) groups is 1. The first kappa shape index (κ1) is 30.7. The molecule has 0 aromatic carbocycles. The van der Waals surface area contributed by atoms with Crippen molar-refractivity contribution >= 4 is 15.1 Å². The SMILES string of the molecule is CCCCCCCCCCCCCCCCCCC(COP(O)OCCNC)OC=O. The minimum Gasteiger partial charge on any atom is -0.462 e. The van der Waals surface area contributed by atoms with E-state index in [2.05, 4.69) is 12.2 Å². The summed E-state index contributed by atoms with van der Waals surface area (Å²) >= 11 is 0. The van der Waals surface area contributed by atoms with Crippen molar-refractivity contribution in [2.75, 3.05) is 26.8 Å². The van der Waals surface area contributed by atoms with Crippen LogP contribution in [0.25, 0.3) is 0 Å². The van der Waals surface area contributed by atoms with Gasteiger partial charge in [-0.1, -0.05) is 103 Å². The highest BCUT2D eigenvalue weighted by Gasteiger charge is 2.14. The summed E-state index contributed by atoms with van der Waals surface area (Å²) in [6.07, 6.45) is 21.8. The van der Waals surface area contributed by atoms with Gasteiger partial charge in [-0.2, -0.15) is 0 Å². The predicted molar refractivity (Wildman–Crippen MR) is 130 cm³/mol. The molecule has 0 aliphatic rings. The van der Waals surface area contributed by atoms with E-state index < -0.39 is 8.60 Å². The Bertz CT molecular complexity index is 363. The van der Waals surface area contributed by atoms with E-state index in [1.807, 2.05) is 7.05 Å². The van der Waals surface area contributed by atoms with Crippen molar-refractivity contribution < 1.29 is 23.5 Å². The lowest BCUT2D eigenvalue weighted by molar-refractivity contribution is -0.135. The van der Waals surface area contributed by atoms with Crippen LogP contribution in [0.15, 0.2) is 0 Å². The van der Waals surface area contributed by atoms with Crippen LogP contribution in [-0.2, 0) is 18.6 Å². The highest BCUT2D eigenvalue weighted by atomic mass is 31.2. The molecule has 0 heterocycles. The van der Waals surface area contributed by atoms with Gasteiger partial charge in [0.1, 0.15) is 6.10 Å². The fourth-order valence-corrected chi connectivity index (χ4v) is 4.22. The lowest BCUT2D eigenvalue weighted by Gasteiger charge is -2.17. The lowest BCUT2D eigenvalue weighted by Crippen LogP contribution is -2.19. The van der Waals surface area contributed by atoms with Crippen molar-refractivity contribution in [1.29, 1.82) is 0 Å². The number of hydrogen-bond donors (Lipinski definition) is 2. The van der Waals surface area contributed by atoms with E-state index in [-0.39, 0.29) is 12.7 Å². The summed E-state index contributed by atoms with van der Waals surface area (Å²) < 4.78 is 15.5. The third kappa shape index (κ3) is 24.2. The maximum Gasteiger partial charge on any atom is 0.330 e. The van der Waals surface area contributed by atoms with Crippen molar-refractivity contribution in [3.8, 4) is 0 Å². The zero-order chi connectivity index (χ0) is 22.8. The van der Waals surface area contributed by atoms with Gasteiger partial charge >= 0.3 is 8.60 Å². The van der Waals surface area contributed by atoms with Crippen LogP contribution in [0.1, 0.15) is 116 Å². The van der Waals surface area contributed by atoms with Gasteiger partial charge in [-0.3, -0.25) is 4.79 Å². The number of unbranched alkanes of at least 4 members (excludes halogenated alkanes) is 15. The van der Waals surface area contributed by atoms with Crippen LogP contribution >= 0.6 is 8.60 Å². The highest BCUT2D eigenvalue weighted by Crippen LogP contribution is 2.32. The quantitative estimate of drug-likeness (QED) is 0.0849. The second-order valence-electron chi connectivity index (χ2n) is 8.42. The number of rotatable bonds is 26. The second-order valence-corrected chi connectivity index (χ2v) is 9.41. The first-order chi connectivity index (χ1) is 15.2. The second kappa shape index (κ2) is 26.0. The van der Waals surface area contributed by atoms with Gasteiger partial charge in [-0.05, 0) is 19.9 Å². The van der Waals surface area contributed by atoms with Gasteiger partial charge in [0.15, 0.2) is 0 Å². The average Bonchev–Trinajstić information content (AvgIpc) is 2.77. The Hall–Kier alpha value is -0.260. The summed E-state index contributed by atoms with van der Waals surface area (Å²) in [5, 5.41) is 2.93. The lowest BCUT2D eigenvalue weighted by atomic mass is 10.0. The van der Waals surface area contributed by atoms with Crippen LogP contribution in [0, 0.1) is 0 Å². The Labute approximate surface area is 193 Å². The summed E-state index contributed by atoms with van der Waals surface area (Å²) in [6.45, 7) is 3.95. The van der Waals surface area contributed by atoms with E-state index in [1.165, 1.54) is 89.9 Å². The molecule has 2 atom stereocenters. The number of nitrogens with one attached hydrogen (secondary N) is 1. The molecule has 2 N–H and O–H groups in total. The molecule has 0 saturated carbocycles. The third-order valence-electron chi connectivity index (χ3n) is 5.55. The van der Waals surface area contributed by atoms with Crippen molar-refractivity contribution in [2.45, 2.75) is 122 Å². The molecule has 0 spiro atoms. The third-order valence-corrected chi connectivity index (χ3v) is 6.33. The molecule has 0 aromatic heterocycles. The average molecular weight is 464 g/mol. The summed E-state index contributed by atoms with van der Waals surface area (Å²) in [5.74, 6) is 0. The monoisotopic (exact) mass is 463 g/mol. The minimum absolute atomic E-state index is 0.180. The molecular weight excluding hydrogens is 413 g/mol. The summed E-state index contributed by atoms with van der Waals surface area (Å²) in [6, 6.07) is 0. The number of likely N-dealkylation sites (N-methyl/N-ethyl adjacent to an activating group) is 1. The molecule has 7 heteroatoms. The first-order valence-corrected chi connectivity index (χ1v) is 13.9. The van der Waals surface area contributed by atoms with Gasteiger partial charge in [0.05, 0.1) is 13.2 Å². The summed E-state index contributed by atoms with van der Waals surface area (Å²) in [4.78, 5) is 20.3. The molecule has 6 nitrogen and oxygen atoms in total. The van der Waals surface area contributed by atoms with Gasteiger partial charge in [0.25, 0.3) is 6.47 Å². The van der Waals surface area contributed by atoms with E-state index in [0.717, 1.165) is 19.3 Å². The van der Waals surface area contributed by atoms with Gasteiger partial charge in [-0.15, -0.1) is 0 Å². The summed E-state index contributed by atoms with van der Waals surface area (Å²) in [7, 11) is -0.0954. The molecule has 0 aliphatic heterocycles. The Balaban J connectivity index is 3.43. The maximum atomic E-state index is 10.7. The van der Waals surface area contributed by atoms with E-state index in [9.17, 15) is 9.69 Å². The van der Waals surface area contributed by atoms with E-state index >= 15 is 0 Å². The molecule has 0 aromatic rings. The molecule has 0 aliphatic carbocycles. The number of hydrogen-bond acceptors (Lipinski definition) is 6. The molecule has 0 radical (unpaired) electrons. The molecule has 0 fully saturated rings. The molecule has 2 unspecified atom stereocenters. The van der Waals surface area contributed by atoms with E-state index in [1.54, 1.807) is 0 Å². The number of carbonyl (C=O) groups excluding carboxylic acids is 1. The van der Waals surface area contributed by atoms with Crippen molar-refractivity contribution in [1.82, 2.24) is 5.32 Å². The fourth-order valence-electron chi connectivity index (χ4n) is 3.60. The number of ether oxygens (including phenoxy) is 1. The normalized spacial score (nSPS) is 13.3. The van der Waals surface area contributed by atoms with Gasteiger partial charge < -0.3 is 24.0 Å². The van der Waals surface area contributed by atoms with Gasteiger partial charge in [0, 0.05) is 6.54 Å². The minimum atomic E-state index is -1.91. The van der Waals surface area contributed by atoms with Crippen molar-refractivity contribution in [2.24, 2.45) is 0 Å². The molecule has 0 rings (SSSR count). The summed E-state index contributed by atoms with van der Waals surface area (Å²) in [5.41, 5.74) is 0. The van der Waals surface area contributed by atoms with Crippen molar-refractivity contribution in [3.05, 3.63) is 0 Å². The van der Waals surface area contributed by atoms with Crippen molar-refractivity contribution in [3.63, 3.8) is 0 Å². The first-order valence-electron chi connectivity index (χ1n) is 12.7. The molecule has 0 saturated heterocycles. The largest absolute Gasteiger partial charge is 0.462 e. The maximum absolute atomic E-state index is 10.7. The molecular formula is C24H50NO5P.